The molecule has 4 nitrogen and oxygen atoms in total. The third-order valence-corrected chi connectivity index (χ3v) is 3.78. The summed E-state index contributed by atoms with van der Waals surface area (Å²) in [5.41, 5.74) is -0.0598. The summed E-state index contributed by atoms with van der Waals surface area (Å²) in [7, 11) is 0. The number of esters is 2. The Kier molecular flexibility index (Phi) is 3.70. The summed E-state index contributed by atoms with van der Waals surface area (Å²) in [5.74, 6) is -0.974. The van der Waals surface area contributed by atoms with Crippen molar-refractivity contribution in [1.82, 2.24) is 0 Å². The van der Waals surface area contributed by atoms with Gasteiger partial charge in [0.15, 0.2) is 0 Å². The lowest BCUT2D eigenvalue weighted by Crippen LogP contribution is -2.47. The molecule has 19 heavy (non-hydrogen) atoms. The fraction of sp³-hybridized carbons (Fsp3) is 0.733. The SMILES string of the molecule is CC(C)(C)OC(=O)/C=C/C(=O)OC1CC2(CCC2)C1. The van der Waals surface area contributed by atoms with Crippen LogP contribution in [-0.4, -0.2) is 23.6 Å². The molecule has 0 unspecified atom stereocenters. The lowest BCUT2D eigenvalue weighted by molar-refractivity contribution is -0.162. The number of rotatable bonds is 3. The van der Waals surface area contributed by atoms with E-state index < -0.39 is 17.5 Å². The Hall–Kier alpha value is -1.32. The summed E-state index contributed by atoms with van der Waals surface area (Å²) in [4.78, 5) is 22.9. The van der Waals surface area contributed by atoms with E-state index in [9.17, 15) is 9.59 Å². The fourth-order valence-corrected chi connectivity index (χ4v) is 2.75. The minimum atomic E-state index is -0.546. The number of hydrogen-bond acceptors (Lipinski definition) is 4. The first-order chi connectivity index (χ1) is 8.78. The Labute approximate surface area is 114 Å². The fourth-order valence-electron chi connectivity index (χ4n) is 2.75. The molecule has 0 heterocycles. The van der Waals surface area contributed by atoms with Crippen molar-refractivity contribution < 1.29 is 19.1 Å². The average molecular weight is 266 g/mol. The lowest BCUT2D eigenvalue weighted by Gasteiger charge is -2.53. The van der Waals surface area contributed by atoms with Gasteiger partial charge in [-0.3, -0.25) is 0 Å². The first-order valence-electron chi connectivity index (χ1n) is 6.90. The van der Waals surface area contributed by atoms with Gasteiger partial charge in [-0.25, -0.2) is 9.59 Å². The Morgan fingerprint density at radius 3 is 2.16 bits per heavy atom. The third-order valence-electron chi connectivity index (χ3n) is 3.78. The highest BCUT2D eigenvalue weighted by atomic mass is 16.6. The second kappa shape index (κ2) is 4.99. The quantitative estimate of drug-likeness (QED) is 0.582. The van der Waals surface area contributed by atoms with Crippen molar-refractivity contribution in [1.29, 1.82) is 0 Å². The molecule has 4 heteroatoms. The van der Waals surface area contributed by atoms with Gasteiger partial charge in [-0.2, -0.15) is 0 Å². The molecule has 0 aromatic rings. The van der Waals surface area contributed by atoms with Crippen molar-refractivity contribution in [2.45, 2.75) is 64.6 Å². The van der Waals surface area contributed by atoms with Crippen LogP contribution in [0, 0.1) is 5.41 Å². The summed E-state index contributed by atoms with van der Waals surface area (Å²) in [6, 6.07) is 0. The van der Waals surface area contributed by atoms with E-state index in [1.165, 1.54) is 19.3 Å². The number of carbonyl (C=O) groups excluding carboxylic acids is 2. The standard InChI is InChI=1S/C15H22O4/c1-14(2,3)19-13(17)6-5-12(16)18-11-9-15(10-11)7-4-8-15/h5-6,11H,4,7-10H2,1-3H3/b6-5+. The molecule has 0 aromatic carbocycles. The highest BCUT2D eigenvalue weighted by Gasteiger charge is 2.49. The second-order valence-electron chi connectivity index (χ2n) is 6.69. The van der Waals surface area contributed by atoms with E-state index in [4.69, 9.17) is 9.47 Å². The second-order valence-corrected chi connectivity index (χ2v) is 6.69. The van der Waals surface area contributed by atoms with Gasteiger partial charge in [0.25, 0.3) is 0 Å². The van der Waals surface area contributed by atoms with Crippen molar-refractivity contribution >= 4 is 11.9 Å². The molecule has 2 fully saturated rings. The maximum atomic E-state index is 11.5. The van der Waals surface area contributed by atoms with E-state index in [0.717, 1.165) is 25.0 Å². The zero-order chi connectivity index (χ0) is 14.1. The molecule has 0 atom stereocenters. The minimum absolute atomic E-state index is 0.0380. The summed E-state index contributed by atoms with van der Waals surface area (Å²) in [5, 5.41) is 0. The van der Waals surface area contributed by atoms with Crippen LogP contribution in [0.5, 0.6) is 0 Å². The van der Waals surface area contributed by atoms with Gasteiger partial charge in [-0.15, -0.1) is 0 Å². The van der Waals surface area contributed by atoms with Crippen molar-refractivity contribution in [2.24, 2.45) is 5.41 Å². The predicted molar refractivity (Wildman–Crippen MR) is 70.4 cm³/mol. The molecule has 2 aliphatic rings. The van der Waals surface area contributed by atoms with Gasteiger partial charge in [-0.1, -0.05) is 6.42 Å². The average Bonchev–Trinajstić information content (AvgIpc) is 2.14. The zero-order valence-corrected chi connectivity index (χ0v) is 11.9. The molecule has 106 valence electrons. The van der Waals surface area contributed by atoms with Crippen molar-refractivity contribution in [3.05, 3.63) is 12.2 Å². The van der Waals surface area contributed by atoms with Gasteiger partial charge >= 0.3 is 11.9 Å². The Balaban J connectivity index is 1.68. The molecule has 0 aliphatic heterocycles. The first kappa shape index (κ1) is 14.1. The van der Waals surface area contributed by atoms with Gasteiger partial charge < -0.3 is 9.47 Å². The van der Waals surface area contributed by atoms with Crippen LogP contribution in [0.2, 0.25) is 0 Å². The highest BCUT2D eigenvalue weighted by Crippen LogP contribution is 2.56. The molecular formula is C15H22O4. The molecule has 0 N–H and O–H groups in total. The number of hydrogen-bond donors (Lipinski definition) is 0. The smallest absolute Gasteiger partial charge is 0.331 e. The molecule has 2 rings (SSSR count). The molecular weight excluding hydrogens is 244 g/mol. The van der Waals surface area contributed by atoms with E-state index in [1.807, 2.05) is 0 Å². The van der Waals surface area contributed by atoms with Gasteiger partial charge in [0.05, 0.1) is 0 Å². The van der Waals surface area contributed by atoms with Crippen LogP contribution in [0.1, 0.15) is 52.9 Å². The van der Waals surface area contributed by atoms with E-state index in [0.29, 0.717) is 5.41 Å². The van der Waals surface area contributed by atoms with Crippen LogP contribution in [-0.2, 0) is 19.1 Å². The molecule has 0 saturated heterocycles. The molecule has 0 radical (unpaired) electrons. The van der Waals surface area contributed by atoms with Crippen LogP contribution in [0.25, 0.3) is 0 Å². The Bertz CT molecular complexity index is 391. The normalized spacial score (nSPS) is 21.8. The largest absolute Gasteiger partial charge is 0.459 e. The molecule has 1 spiro atoms. The van der Waals surface area contributed by atoms with Crippen LogP contribution >= 0.6 is 0 Å². The van der Waals surface area contributed by atoms with Crippen LogP contribution < -0.4 is 0 Å². The summed E-state index contributed by atoms with van der Waals surface area (Å²) >= 11 is 0. The molecule has 0 amide bonds. The van der Waals surface area contributed by atoms with Crippen LogP contribution in [0.4, 0.5) is 0 Å². The molecule has 0 aromatic heterocycles. The van der Waals surface area contributed by atoms with Crippen molar-refractivity contribution in [3.63, 3.8) is 0 Å². The Morgan fingerprint density at radius 1 is 1.11 bits per heavy atom. The zero-order valence-electron chi connectivity index (χ0n) is 11.9. The monoisotopic (exact) mass is 266 g/mol. The van der Waals surface area contributed by atoms with Crippen LogP contribution in [0.15, 0.2) is 12.2 Å². The Morgan fingerprint density at radius 2 is 1.68 bits per heavy atom. The van der Waals surface area contributed by atoms with Gasteiger partial charge in [0.2, 0.25) is 0 Å². The maximum absolute atomic E-state index is 11.5. The summed E-state index contributed by atoms with van der Waals surface area (Å²) < 4.78 is 10.3. The van der Waals surface area contributed by atoms with Crippen molar-refractivity contribution in [2.75, 3.05) is 0 Å². The predicted octanol–water partition coefficient (Wildman–Crippen LogP) is 2.76. The van der Waals surface area contributed by atoms with Crippen LogP contribution in [0.3, 0.4) is 0 Å². The third kappa shape index (κ3) is 3.82. The number of carbonyl (C=O) groups is 2. The van der Waals surface area contributed by atoms with E-state index in [1.54, 1.807) is 20.8 Å². The van der Waals surface area contributed by atoms with Gasteiger partial charge in [0.1, 0.15) is 11.7 Å². The minimum Gasteiger partial charge on any atom is -0.459 e. The topological polar surface area (TPSA) is 52.6 Å². The summed E-state index contributed by atoms with van der Waals surface area (Å²) in [6.07, 6.45) is 8.14. The van der Waals surface area contributed by atoms with E-state index in [-0.39, 0.29) is 6.10 Å². The maximum Gasteiger partial charge on any atom is 0.331 e. The molecule has 2 saturated carbocycles. The van der Waals surface area contributed by atoms with E-state index >= 15 is 0 Å². The van der Waals surface area contributed by atoms with Crippen molar-refractivity contribution in [3.8, 4) is 0 Å². The highest BCUT2D eigenvalue weighted by molar-refractivity contribution is 5.91. The number of ether oxygens (including phenoxy) is 2. The summed E-state index contributed by atoms with van der Waals surface area (Å²) in [6.45, 7) is 5.34. The van der Waals surface area contributed by atoms with Gasteiger partial charge in [0, 0.05) is 12.2 Å². The molecule has 2 aliphatic carbocycles. The van der Waals surface area contributed by atoms with E-state index in [2.05, 4.69) is 0 Å². The van der Waals surface area contributed by atoms with Gasteiger partial charge in [-0.05, 0) is 51.9 Å². The molecule has 0 bridgehead atoms. The first-order valence-corrected chi connectivity index (χ1v) is 6.90. The lowest BCUT2D eigenvalue weighted by atomic mass is 9.55.